The average Bonchev–Trinajstić information content (AvgIpc) is 3.82. The fourth-order valence-corrected chi connectivity index (χ4v) is 9.16. The highest BCUT2D eigenvalue weighted by Crippen LogP contribution is 2.59. The number of H-pyrrole nitrogens is 2. The van der Waals surface area contributed by atoms with E-state index in [1.54, 1.807) is 0 Å². The molecule has 12 heteroatoms. The van der Waals surface area contributed by atoms with E-state index in [9.17, 15) is 14.4 Å². The molecule has 292 valence electrons. The molecule has 2 aromatic heterocycles. The Morgan fingerprint density at radius 1 is 0.911 bits per heavy atom. The van der Waals surface area contributed by atoms with E-state index in [1.165, 1.54) is 20.0 Å². The van der Waals surface area contributed by atoms with Crippen molar-refractivity contribution in [1.82, 2.24) is 35.1 Å². The molecular formula is C44H51N7O5. The number of benzene rings is 2. The molecule has 3 amide bonds. The zero-order valence-electron chi connectivity index (χ0n) is 32.5. The van der Waals surface area contributed by atoms with Crippen LogP contribution in [0.25, 0.3) is 22.3 Å². The van der Waals surface area contributed by atoms with Crippen molar-refractivity contribution in [3.05, 3.63) is 71.4 Å². The zero-order valence-corrected chi connectivity index (χ0v) is 32.5. The van der Waals surface area contributed by atoms with Gasteiger partial charge in [-0.15, -0.1) is 0 Å². The van der Waals surface area contributed by atoms with E-state index in [4.69, 9.17) is 19.4 Å². The minimum atomic E-state index is -0.678. The van der Waals surface area contributed by atoms with Gasteiger partial charge in [-0.2, -0.15) is 0 Å². The van der Waals surface area contributed by atoms with Crippen LogP contribution in [0.3, 0.4) is 0 Å². The standard InChI is InChI=1S/C44H51N7O5/c1-27(2)38(49-42(54)55-3)41(53)51-26-44(16-17-44)22-35(51)39-45-24-34(48-39)31-9-6-28(7-10-31)4-5-29-8-11-32-33(20-29)47-40(46-32)36-23-43(14-15-43)25-50(36)37(52)21-30-12-18-56-19-13-30/h6-11,20,24,27,30,35-36,38H,12-19,21-23,25-26H2,1-3H3,(H,45,48)(H,46,47)(H,49,54)/t35-,36-,38-/m0/s1. The van der Waals surface area contributed by atoms with Gasteiger partial charge in [-0.25, -0.2) is 14.8 Å². The molecule has 3 N–H and O–H groups in total. The summed E-state index contributed by atoms with van der Waals surface area (Å²) in [5.41, 5.74) is 5.84. The van der Waals surface area contributed by atoms with Crippen molar-refractivity contribution in [2.24, 2.45) is 22.7 Å². The predicted octanol–water partition coefficient (Wildman–Crippen LogP) is 6.66. The maximum Gasteiger partial charge on any atom is 0.407 e. The van der Waals surface area contributed by atoms with Crippen LogP contribution >= 0.6 is 0 Å². The zero-order chi connectivity index (χ0) is 38.6. The number of carbonyl (C=O) groups excluding carboxylic acids is 3. The highest BCUT2D eigenvalue weighted by molar-refractivity contribution is 5.86. The molecule has 5 heterocycles. The van der Waals surface area contributed by atoms with Gasteiger partial charge in [0, 0.05) is 43.9 Å². The Hall–Kier alpha value is -5.15. The number of nitrogens with zero attached hydrogens (tertiary/aromatic N) is 4. The third-order valence-electron chi connectivity index (χ3n) is 13.0. The van der Waals surface area contributed by atoms with Gasteiger partial charge in [0.2, 0.25) is 11.8 Å². The summed E-state index contributed by atoms with van der Waals surface area (Å²) in [5, 5.41) is 2.75. The number of ether oxygens (including phenoxy) is 2. The second kappa shape index (κ2) is 14.4. The molecule has 2 spiro atoms. The molecule has 3 aliphatic heterocycles. The van der Waals surface area contributed by atoms with Gasteiger partial charge in [0.05, 0.1) is 42.1 Å². The van der Waals surface area contributed by atoms with Crippen LogP contribution in [-0.2, 0) is 19.1 Å². The second-order valence-corrected chi connectivity index (χ2v) is 17.4. The van der Waals surface area contributed by atoms with Gasteiger partial charge in [-0.1, -0.05) is 37.8 Å². The van der Waals surface area contributed by atoms with Crippen molar-refractivity contribution in [1.29, 1.82) is 0 Å². The molecule has 56 heavy (non-hydrogen) atoms. The summed E-state index contributed by atoms with van der Waals surface area (Å²) in [6.07, 6.45) is 10.1. The SMILES string of the molecule is COC(=O)N[C@H](C(=O)N1CC2(CC2)C[C@H]1c1ncc(-c2ccc(C#Cc3ccc4nc([C@@H]5CC6(CC6)CN5C(=O)CC5CCOCC5)[nH]c4c3)cc2)[nH]1)C(C)C. The first-order chi connectivity index (χ1) is 27.1. The number of carbonyl (C=O) groups is 3. The van der Waals surface area contributed by atoms with E-state index in [0.717, 1.165) is 103 Å². The third-order valence-corrected chi connectivity index (χ3v) is 13.0. The number of nitrogens with one attached hydrogen (secondary N) is 3. The quantitative estimate of drug-likeness (QED) is 0.171. The fourth-order valence-electron chi connectivity index (χ4n) is 9.16. The minimum Gasteiger partial charge on any atom is -0.453 e. The predicted molar refractivity (Wildman–Crippen MR) is 210 cm³/mol. The van der Waals surface area contributed by atoms with Gasteiger partial charge < -0.3 is 34.6 Å². The highest BCUT2D eigenvalue weighted by Gasteiger charge is 2.56. The van der Waals surface area contributed by atoms with Crippen molar-refractivity contribution in [2.45, 2.75) is 89.8 Å². The number of fused-ring (bicyclic) bond motifs is 1. The molecule has 2 aliphatic carbocycles. The molecule has 4 aromatic rings. The second-order valence-electron chi connectivity index (χ2n) is 17.4. The van der Waals surface area contributed by atoms with Crippen LogP contribution in [0.5, 0.6) is 0 Å². The number of aromatic nitrogens is 4. The molecule has 0 unspecified atom stereocenters. The molecule has 2 saturated carbocycles. The molecular weight excluding hydrogens is 707 g/mol. The van der Waals surface area contributed by atoms with E-state index in [0.29, 0.717) is 18.9 Å². The number of hydrogen-bond acceptors (Lipinski definition) is 7. The van der Waals surface area contributed by atoms with Gasteiger partial charge in [0.1, 0.15) is 17.7 Å². The number of rotatable bonds is 8. The van der Waals surface area contributed by atoms with Crippen LogP contribution in [0.2, 0.25) is 0 Å². The van der Waals surface area contributed by atoms with Gasteiger partial charge in [-0.3, -0.25) is 9.59 Å². The Morgan fingerprint density at radius 2 is 1.57 bits per heavy atom. The Morgan fingerprint density at radius 3 is 2.25 bits per heavy atom. The highest BCUT2D eigenvalue weighted by atomic mass is 16.5. The number of imidazole rings is 2. The van der Waals surface area contributed by atoms with Gasteiger partial charge >= 0.3 is 6.09 Å². The Balaban J connectivity index is 0.875. The lowest BCUT2D eigenvalue weighted by molar-refractivity contribution is -0.136. The molecule has 5 fully saturated rings. The Bertz CT molecular complexity index is 2200. The molecule has 9 rings (SSSR count). The normalized spacial score (nSPS) is 22.7. The van der Waals surface area contributed by atoms with Crippen molar-refractivity contribution in [3.63, 3.8) is 0 Å². The Labute approximate surface area is 327 Å². The maximum atomic E-state index is 13.8. The number of aromatic amines is 2. The van der Waals surface area contributed by atoms with Crippen LogP contribution in [0.1, 0.15) is 106 Å². The van der Waals surface area contributed by atoms with Gasteiger partial charge in [0.15, 0.2) is 0 Å². The largest absolute Gasteiger partial charge is 0.453 e. The van der Waals surface area contributed by atoms with Crippen molar-refractivity contribution < 1.29 is 23.9 Å². The summed E-state index contributed by atoms with van der Waals surface area (Å²) in [6, 6.07) is 13.3. The topological polar surface area (TPSA) is 146 Å². The van der Waals surface area contributed by atoms with Crippen molar-refractivity contribution in [2.75, 3.05) is 33.4 Å². The minimum absolute atomic E-state index is 0.0155. The lowest BCUT2D eigenvalue weighted by Crippen LogP contribution is -2.51. The average molecular weight is 758 g/mol. The number of amides is 3. The van der Waals surface area contributed by atoms with Crippen LogP contribution < -0.4 is 5.32 Å². The Kier molecular flexibility index (Phi) is 9.39. The first kappa shape index (κ1) is 36.5. The molecule has 2 aromatic carbocycles. The number of likely N-dealkylation sites (tertiary alicyclic amines) is 2. The smallest absolute Gasteiger partial charge is 0.407 e. The van der Waals surface area contributed by atoms with Gasteiger partial charge in [0.25, 0.3) is 0 Å². The van der Waals surface area contributed by atoms with Crippen LogP contribution in [-0.4, -0.2) is 87.1 Å². The van der Waals surface area contributed by atoms with Gasteiger partial charge in [-0.05, 0) is 110 Å². The van der Waals surface area contributed by atoms with Crippen LogP contribution in [0.4, 0.5) is 4.79 Å². The molecule has 0 radical (unpaired) electrons. The summed E-state index contributed by atoms with van der Waals surface area (Å²) in [7, 11) is 1.31. The summed E-state index contributed by atoms with van der Waals surface area (Å²) >= 11 is 0. The molecule has 0 bridgehead atoms. The first-order valence-corrected chi connectivity index (χ1v) is 20.3. The molecule has 3 atom stereocenters. The van der Waals surface area contributed by atoms with Crippen molar-refractivity contribution >= 4 is 28.9 Å². The van der Waals surface area contributed by atoms with E-state index >= 15 is 0 Å². The van der Waals surface area contributed by atoms with E-state index < -0.39 is 12.1 Å². The third kappa shape index (κ3) is 7.29. The lowest BCUT2D eigenvalue weighted by atomic mass is 9.96. The lowest BCUT2D eigenvalue weighted by Gasteiger charge is -2.30. The number of hydrogen-bond donors (Lipinski definition) is 3. The first-order valence-electron chi connectivity index (χ1n) is 20.3. The van der Waals surface area contributed by atoms with Crippen LogP contribution in [0, 0.1) is 34.5 Å². The summed E-state index contributed by atoms with van der Waals surface area (Å²) in [4.78, 5) is 60.3. The summed E-state index contributed by atoms with van der Waals surface area (Å²) in [5.74, 6) is 8.73. The fraction of sp³-hybridized carbons (Fsp3) is 0.523. The molecule has 5 aliphatic rings. The summed E-state index contributed by atoms with van der Waals surface area (Å²) < 4.78 is 10.3. The van der Waals surface area contributed by atoms with E-state index in [2.05, 4.69) is 32.0 Å². The summed E-state index contributed by atoms with van der Waals surface area (Å²) in [6.45, 7) is 6.86. The van der Waals surface area contributed by atoms with E-state index in [1.807, 2.05) is 67.4 Å². The number of alkyl carbamates (subject to hydrolysis) is 1. The van der Waals surface area contributed by atoms with Crippen LogP contribution in [0.15, 0.2) is 48.7 Å². The number of methoxy groups -OCH3 is 1. The van der Waals surface area contributed by atoms with E-state index in [-0.39, 0.29) is 40.6 Å². The molecule has 3 saturated heterocycles. The maximum absolute atomic E-state index is 13.8. The molecule has 12 nitrogen and oxygen atoms in total. The monoisotopic (exact) mass is 757 g/mol. The van der Waals surface area contributed by atoms with Crippen molar-refractivity contribution in [3.8, 4) is 23.1 Å².